The highest BCUT2D eigenvalue weighted by molar-refractivity contribution is 6.31. The average molecular weight is 371 g/mol. The maximum atomic E-state index is 11.1. The molecule has 1 heterocycles. The van der Waals surface area contributed by atoms with E-state index >= 15 is 0 Å². The summed E-state index contributed by atoms with van der Waals surface area (Å²) in [4.78, 5) is 11.1. The summed E-state index contributed by atoms with van der Waals surface area (Å²) in [6.07, 6.45) is 0.754. The number of halogens is 1. The van der Waals surface area contributed by atoms with Gasteiger partial charge >= 0.3 is 5.97 Å². The van der Waals surface area contributed by atoms with Crippen LogP contribution in [0.1, 0.15) is 53.8 Å². The number of aromatic carboxylic acids is 1. The van der Waals surface area contributed by atoms with Gasteiger partial charge in [-0.15, -0.1) is 0 Å². The highest BCUT2D eigenvalue weighted by Crippen LogP contribution is 2.47. The molecule has 2 aromatic carbocycles. The van der Waals surface area contributed by atoms with Gasteiger partial charge in [-0.1, -0.05) is 54.1 Å². The molecule has 0 saturated carbocycles. The topological polar surface area (TPSA) is 46.5 Å². The highest BCUT2D eigenvalue weighted by Gasteiger charge is 2.38. The molecule has 1 saturated heterocycles. The molecule has 0 unspecified atom stereocenters. The second-order valence-corrected chi connectivity index (χ2v) is 7.41. The predicted octanol–water partition coefficient (Wildman–Crippen LogP) is 5.86. The van der Waals surface area contributed by atoms with Gasteiger partial charge in [0.25, 0.3) is 0 Å². The van der Waals surface area contributed by atoms with Crippen molar-refractivity contribution in [2.24, 2.45) is 5.92 Å². The predicted molar refractivity (Wildman–Crippen MR) is 104 cm³/mol. The summed E-state index contributed by atoms with van der Waals surface area (Å²) in [5.41, 5.74) is 3.42. The molecule has 0 bridgehead atoms. The molecule has 4 heteroatoms. The van der Waals surface area contributed by atoms with Crippen molar-refractivity contribution in [3.63, 3.8) is 0 Å². The van der Waals surface area contributed by atoms with Crippen LogP contribution in [0.15, 0.2) is 60.7 Å². The van der Waals surface area contributed by atoms with Crippen LogP contribution in [0.2, 0.25) is 5.02 Å². The molecule has 1 N–H and O–H groups in total. The summed E-state index contributed by atoms with van der Waals surface area (Å²) < 4.78 is 6.40. The number of rotatable bonds is 4. The molecule has 1 aliphatic heterocycles. The molecule has 4 atom stereocenters. The third-order valence-electron chi connectivity index (χ3n) is 5.23. The fraction of sp³-hybridized carbons (Fsp3) is 0.318. The zero-order valence-electron chi connectivity index (χ0n) is 15.0. The standard InChI is InChI=1S/C22H23ClO3/c1-13(2)18-12-19(17-6-4-5-7-20(17)23)14(3)26-21(18)15-8-10-16(11-9-15)22(24)25/h4-11,14,18-19,21H,1,12H2,2-3H3,(H,24,25)/t14-,18+,19-,21+/m0/s1. The zero-order valence-corrected chi connectivity index (χ0v) is 15.7. The highest BCUT2D eigenvalue weighted by atomic mass is 35.5. The van der Waals surface area contributed by atoms with E-state index < -0.39 is 5.97 Å². The van der Waals surface area contributed by atoms with E-state index in [1.165, 1.54) is 0 Å². The van der Waals surface area contributed by atoms with Crippen LogP contribution in [0.4, 0.5) is 0 Å². The second kappa shape index (κ2) is 7.65. The Morgan fingerprint density at radius 3 is 2.42 bits per heavy atom. The van der Waals surface area contributed by atoms with E-state index in [1.807, 2.05) is 37.3 Å². The van der Waals surface area contributed by atoms with Crippen LogP contribution in [0.3, 0.4) is 0 Å². The van der Waals surface area contributed by atoms with Gasteiger partial charge in [0.15, 0.2) is 0 Å². The van der Waals surface area contributed by atoms with E-state index in [0.29, 0.717) is 0 Å². The largest absolute Gasteiger partial charge is 0.478 e. The number of hydrogen-bond donors (Lipinski definition) is 1. The summed E-state index contributed by atoms with van der Waals surface area (Å²) in [5.74, 6) is -0.590. The monoisotopic (exact) mass is 370 g/mol. The van der Waals surface area contributed by atoms with Crippen molar-refractivity contribution in [3.05, 3.63) is 82.4 Å². The van der Waals surface area contributed by atoms with E-state index in [2.05, 4.69) is 19.6 Å². The minimum absolute atomic E-state index is 0.00495. The number of benzene rings is 2. The van der Waals surface area contributed by atoms with Gasteiger partial charge in [0, 0.05) is 16.9 Å². The number of ether oxygens (including phenoxy) is 1. The lowest BCUT2D eigenvalue weighted by atomic mass is 9.76. The van der Waals surface area contributed by atoms with Gasteiger partial charge in [-0.05, 0) is 49.6 Å². The molecule has 1 aliphatic rings. The first-order valence-electron chi connectivity index (χ1n) is 8.77. The van der Waals surface area contributed by atoms with Crippen LogP contribution < -0.4 is 0 Å². The lowest BCUT2D eigenvalue weighted by molar-refractivity contribution is -0.0803. The molecule has 0 aliphatic carbocycles. The minimum atomic E-state index is -0.926. The molecular formula is C22H23ClO3. The molecule has 26 heavy (non-hydrogen) atoms. The van der Waals surface area contributed by atoms with E-state index in [0.717, 1.165) is 28.1 Å². The molecule has 0 amide bonds. The van der Waals surface area contributed by atoms with Gasteiger partial charge in [0.05, 0.1) is 17.8 Å². The summed E-state index contributed by atoms with van der Waals surface area (Å²) in [6.45, 7) is 8.26. The van der Waals surface area contributed by atoms with E-state index in [4.69, 9.17) is 21.4 Å². The molecule has 3 nitrogen and oxygen atoms in total. The Morgan fingerprint density at radius 2 is 1.85 bits per heavy atom. The van der Waals surface area contributed by atoms with Gasteiger partial charge in [-0.25, -0.2) is 4.79 Å². The van der Waals surface area contributed by atoms with Gasteiger partial charge in [0.2, 0.25) is 0 Å². The van der Waals surface area contributed by atoms with Gasteiger partial charge in [0.1, 0.15) is 0 Å². The van der Waals surface area contributed by atoms with E-state index in [1.54, 1.807) is 12.1 Å². The van der Waals surface area contributed by atoms with Crippen LogP contribution in [0, 0.1) is 5.92 Å². The Morgan fingerprint density at radius 1 is 1.19 bits per heavy atom. The first-order chi connectivity index (χ1) is 12.4. The van der Waals surface area contributed by atoms with Crippen LogP contribution in [0.5, 0.6) is 0 Å². The molecule has 0 aromatic heterocycles. The Bertz CT molecular complexity index is 812. The Labute approximate surface area is 159 Å². The molecule has 0 radical (unpaired) electrons. The van der Waals surface area contributed by atoms with Crippen molar-refractivity contribution in [2.75, 3.05) is 0 Å². The van der Waals surface area contributed by atoms with Gasteiger partial charge < -0.3 is 9.84 Å². The van der Waals surface area contributed by atoms with Crippen LogP contribution in [-0.4, -0.2) is 17.2 Å². The summed E-state index contributed by atoms with van der Waals surface area (Å²) in [6, 6.07) is 14.8. The van der Waals surface area contributed by atoms with Crippen molar-refractivity contribution in [2.45, 2.75) is 38.4 Å². The molecular weight excluding hydrogens is 348 g/mol. The number of carbonyl (C=O) groups is 1. The lowest BCUT2D eigenvalue weighted by Crippen LogP contribution is -2.34. The van der Waals surface area contributed by atoms with Crippen LogP contribution in [0.25, 0.3) is 0 Å². The number of carboxylic acid groups (broad SMARTS) is 1. The van der Waals surface area contributed by atoms with E-state index in [-0.39, 0.29) is 29.6 Å². The minimum Gasteiger partial charge on any atom is -0.478 e. The van der Waals surface area contributed by atoms with Gasteiger partial charge in [-0.3, -0.25) is 0 Å². The molecule has 2 aromatic rings. The molecule has 136 valence electrons. The molecule has 0 spiro atoms. The first kappa shape index (κ1) is 18.7. The molecule has 3 rings (SSSR count). The Balaban J connectivity index is 1.90. The smallest absolute Gasteiger partial charge is 0.335 e. The summed E-state index contributed by atoms with van der Waals surface area (Å²) in [5, 5.41) is 9.86. The van der Waals surface area contributed by atoms with Crippen molar-refractivity contribution < 1.29 is 14.6 Å². The normalized spacial score (nSPS) is 25.7. The number of carboxylic acids is 1. The third kappa shape index (κ3) is 3.69. The van der Waals surface area contributed by atoms with Gasteiger partial charge in [-0.2, -0.15) is 0 Å². The first-order valence-corrected chi connectivity index (χ1v) is 9.14. The Kier molecular flexibility index (Phi) is 5.49. The fourth-order valence-corrected chi connectivity index (χ4v) is 4.03. The Hall–Kier alpha value is -2.10. The summed E-state index contributed by atoms with van der Waals surface area (Å²) in [7, 11) is 0. The zero-order chi connectivity index (χ0) is 18.8. The average Bonchev–Trinajstić information content (AvgIpc) is 2.62. The van der Waals surface area contributed by atoms with Crippen molar-refractivity contribution in [1.82, 2.24) is 0 Å². The van der Waals surface area contributed by atoms with Crippen molar-refractivity contribution in [1.29, 1.82) is 0 Å². The van der Waals surface area contributed by atoms with Crippen LogP contribution >= 0.6 is 11.6 Å². The lowest BCUT2D eigenvalue weighted by Gasteiger charge is -2.41. The third-order valence-corrected chi connectivity index (χ3v) is 5.57. The maximum Gasteiger partial charge on any atom is 0.335 e. The van der Waals surface area contributed by atoms with Crippen molar-refractivity contribution >= 4 is 17.6 Å². The number of hydrogen-bond acceptors (Lipinski definition) is 2. The fourth-order valence-electron chi connectivity index (χ4n) is 3.75. The maximum absolute atomic E-state index is 11.1. The quantitative estimate of drug-likeness (QED) is 0.685. The SMILES string of the molecule is C=C(C)[C@H]1C[C@H](c2ccccc2Cl)[C@H](C)O[C@@H]1c1ccc(C(=O)O)cc1. The van der Waals surface area contributed by atoms with Crippen molar-refractivity contribution in [3.8, 4) is 0 Å². The van der Waals surface area contributed by atoms with E-state index in [9.17, 15) is 4.79 Å². The van der Waals surface area contributed by atoms with Crippen LogP contribution in [-0.2, 0) is 4.74 Å². The molecule has 1 fully saturated rings. The second-order valence-electron chi connectivity index (χ2n) is 7.01. The summed E-state index contributed by atoms with van der Waals surface area (Å²) >= 11 is 6.42.